The lowest BCUT2D eigenvalue weighted by molar-refractivity contribution is 0.0995. The van der Waals surface area contributed by atoms with Crippen molar-refractivity contribution in [3.8, 4) is 5.82 Å². The predicted octanol–water partition coefficient (Wildman–Crippen LogP) is 0.420. The van der Waals surface area contributed by atoms with Crippen LogP contribution in [0.2, 0.25) is 0 Å². The lowest BCUT2D eigenvalue weighted by Gasteiger charge is -2.06. The Morgan fingerprint density at radius 2 is 2.29 bits per heavy atom. The van der Waals surface area contributed by atoms with Crippen LogP contribution in [0.25, 0.3) is 5.82 Å². The summed E-state index contributed by atoms with van der Waals surface area (Å²) in [5.74, 6) is -0.0636. The third-order valence-electron chi connectivity index (χ3n) is 2.33. The van der Waals surface area contributed by atoms with Crippen LogP contribution >= 0.6 is 0 Å². The van der Waals surface area contributed by atoms with E-state index in [1.54, 1.807) is 31.5 Å². The third-order valence-corrected chi connectivity index (χ3v) is 2.33. The number of amides is 1. The molecule has 0 spiro atoms. The lowest BCUT2D eigenvalue weighted by Crippen LogP contribution is -2.12. The molecule has 6 nitrogen and oxygen atoms in total. The molecule has 0 radical (unpaired) electrons. The first-order chi connectivity index (χ1) is 8.08. The van der Waals surface area contributed by atoms with Crippen LogP contribution in [0.3, 0.4) is 0 Å². The van der Waals surface area contributed by atoms with Crippen LogP contribution in [0.1, 0.15) is 29.1 Å². The molecule has 2 aromatic heterocycles. The van der Waals surface area contributed by atoms with Gasteiger partial charge in [0.1, 0.15) is 5.69 Å². The van der Waals surface area contributed by atoms with E-state index >= 15 is 0 Å². The molecule has 1 amide bonds. The Labute approximate surface area is 97.7 Å². The number of nitrogens with two attached hydrogens (primary N) is 1. The Kier molecular flexibility index (Phi) is 2.88. The standard InChI is InChI=1S/C11H12N4O2/c1-7(16)8-2-4-13-10(6-8)15-5-3-9(14-15)11(12)17/h2-7,16H,1H3,(H2,12,17)/t7-/m1/s1. The first-order valence-corrected chi connectivity index (χ1v) is 5.08. The van der Waals surface area contributed by atoms with E-state index in [9.17, 15) is 9.90 Å². The number of hydrogen-bond acceptors (Lipinski definition) is 4. The fourth-order valence-electron chi connectivity index (χ4n) is 1.40. The summed E-state index contributed by atoms with van der Waals surface area (Å²) in [5, 5.41) is 13.4. The summed E-state index contributed by atoms with van der Waals surface area (Å²) < 4.78 is 1.44. The van der Waals surface area contributed by atoms with E-state index in [1.807, 2.05) is 0 Å². The molecule has 88 valence electrons. The molecular formula is C11H12N4O2. The van der Waals surface area contributed by atoms with Crippen molar-refractivity contribution in [2.75, 3.05) is 0 Å². The average molecular weight is 232 g/mol. The van der Waals surface area contributed by atoms with E-state index in [1.165, 1.54) is 10.7 Å². The minimum atomic E-state index is -0.588. The number of aromatic nitrogens is 3. The van der Waals surface area contributed by atoms with Crippen molar-refractivity contribution in [1.82, 2.24) is 14.8 Å². The van der Waals surface area contributed by atoms with Gasteiger partial charge in [-0.25, -0.2) is 9.67 Å². The minimum Gasteiger partial charge on any atom is -0.389 e. The molecule has 1 atom stereocenters. The van der Waals surface area contributed by atoms with Gasteiger partial charge in [-0.3, -0.25) is 4.79 Å². The van der Waals surface area contributed by atoms with Gasteiger partial charge in [0.25, 0.3) is 5.91 Å². The number of primary amides is 1. The maximum atomic E-state index is 10.9. The summed E-state index contributed by atoms with van der Waals surface area (Å²) in [4.78, 5) is 15.0. The van der Waals surface area contributed by atoms with E-state index < -0.39 is 12.0 Å². The quantitative estimate of drug-likeness (QED) is 0.801. The van der Waals surface area contributed by atoms with Gasteiger partial charge in [0.05, 0.1) is 6.10 Å². The van der Waals surface area contributed by atoms with Crippen LogP contribution in [0.5, 0.6) is 0 Å². The smallest absolute Gasteiger partial charge is 0.269 e. The summed E-state index contributed by atoms with van der Waals surface area (Å²) in [5.41, 5.74) is 6.01. The van der Waals surface area contributed by atoms with Crippen LogP contribution < -0.4 is 5.73 Å². The second-order valence-corrected chi connectivity index (χ2v) is 3.63. The zero-order valence-electron chi connectivity index (χ0n) is 9.24. The van der Waals surface area contributed by atoms with Gasteiger partial charge in [-0.05, 0) is 30.7 Å². The monoisotopic (exact) mass is 232 g/mol. The van der Waals surface area contributed by atoms with Crippen LogP contribution in [0.4, 0.5) is 0 Å². The van der Waals surface area contributed by atoms with Crippen molar-refractivity contribution in [2.24, 2.45) is 5.73 Å². The highest BCUT2D eigenvalue weighted by molar-refractivity contribution is 5.90. The molecule has 0 aromatic carbocycles. The maximum Gasteiger partial charge on any atom is 0.269 e. The maximum absolute atomic E-state index is 10.9. The first-order valence-electron chi connectivity index (χ1n) is 5.08. The Morgan fingerprint density at radius 3 is 2.88 bits per heavy atom. The van der Waals surface area contributed by atoms with Gasteiger partial charge in [-0.15, -0.1) is 0 Å². The zero-order chi connectivity index (χ0) is 12.4. The summed E-state index contributed by atoms with van der Waals surface area (Å²) in [6.07, 6.45) is 2.58. The summed E-state index contributed by atoms with van der Waals surface area (Å²) >= 11 is 0. The number of carbonyl (C=O) groups excluding carboxylic acids is 1. The van der Waals surface area contributed by atoms with Crippen LogP contribution in [-0.4, -0.2) is 25.8 Å². The highest BCUT2D eigenvalue weighted by Gasteiger charge is 2.08. The molecule has 0 aliphatic carbocycles. The van der Waals surface area contributed by atoms with E-state index in [0.29, 0.717) is 5.82 Å². The zero-order valence-corrected chi connectivity index (χ0v) is 9.24. The molecule has 0 saturated carbocycles. The van der Waals surface area contributed by atoms with Gasteiger partial charge in [-0.1, -0.05) is 0 Å². The van der Waals surface area contributed by atoms with E-state index in [4.69, 9.17) is 5.73 Å². The fourth-order valence-corrected chi connectivity index (χ4v) is 1.40. The SMILES string of the molecule is C[C@@H](O)c1ccnc(-n2ccc(C(N)=O)n2)c1. The Hall–Kier alpha value is -2.21. The Morgan fingerprint density at radius 1 is 1.53 bits per heavy atom. The number of carbonyl (C=O) groups is 1. The van der Waals surface area contributed by atoms with Gasteiger partial charge in [0, 0.05) is 12.4 Å². The second kappa shape index (κ2) is 4.34. The van der Waals surface area contributed by atoms with Crippen LogP contribution in [0.15, 0.2) is 30.6 Å². The molecule has 17 heavy (non-hydrogen) atoms. The molecule has 3 N–H and O–H groups in total. The number of aliphatic hydroxyl groups is 1. The van der Waals surface area contributed by atoms with Crippen LogP contribution in [0, 0.1) is 0 Å². The van der Waals surface area contributed by atoms with Gasteiger partial charge < -0.3 is 10.8 Å². The fraction of sp³-hybridized carbons (Fsp3) is 0.182. The van der Waals surface area contributed by atoms with Crippen molar-refractivity contribution in [2.45, 2.75) is 13.0 Å². The summed E-state index contributed by atoms with van der Waals surface area (Å²) in [6, 6.07) is 4.92. The van der Waals surface area contributed by atoms with Crippen molar-refractivity contribution in [3.05, 3.63) is 41.9 Å². The normalized spacial score (nSPS) is 12.4. The number of aliphatic hydroxyl groups excluding tert-OH is 1. The minimum absolute atomic E-state index is 0.175. The second-order valence-electron chi connectivity index (χ2n) is 3.63. The molecule has 2 rings (SSSR count). The summed E-state index contributed by atoms with van der Waals surface area (Å²) in [6.45, 7) is 1.66. The highest BCUT2D eigenvalue weighted by atomic mass is 16.3. The van der Waals surface area contributed by atoms with Gasteiger partial charge >= 0.3 is 0 Å². The van der Waals surface area contributed by atoms with Crippen molar-refractivity contribution in [1.29, 1.82) is 0 Å². The molecular weight excluding hydrogens is 220 g/mol. The molecule has 2 aromatic rings. The van der Waals surface area contributed by atoms with E-state index in [2.05, 4.69) is 10.1 Å². The molecule has 0 aliphatic heterocycles. The average Bonchev–Trinajstić information content (AvgIpc) is 2.78. The number of rotatable bonds is 3. The lowest BCUT2D eigenvalue weighted by atomic mass is 10.2. The van der Waals surface area contributed by atoms with E-state index in [0.717, 1.165) is 5.56 Å². The molecule has 0 unspecified atom stereocenters. The molecule has 2 heterocycles. The van der Waals surface area contributed by atoms with Gasteiger partial charge in [0.15, 0.2) is 5.82 Å². The van der Waals surface area contributed by atoms with Crippen LogP contribution in [-0.2, 0) is 0 Å². The predicted molar refractivity (Wildman–Crippen MR) is 60.5 cm³/mol. The van der Waals surface area contributed by atoms with E-state index in [-0.39, 0.29) is 5.69 Å². The highest BCUT2D eigenvalue weighted by Crippen LogP contribution is 2.14. The number of hydrogen-bond donors (Lipinski definition) is 2. The Balaban J connectivity index is 2.38. The number of pyridine rings is 1. The molecule has 0 bridgehead atoms. The molecule has 0 aliphatic rings. The topological polar surface area (TPSA) is 94.0 Å². The Bertz CT molecular complexity index is 548. The summed E-state index contributed by atoms with van der Waals surface area (Å²) in [7, 11) is 0. The van der Waals surface area contributed by atoms with Crippen molar-refractivity contribution < 1.29 is 9.90 Å². The van der Waals surface area contributed by atoms with Crippen molar-refractivity contribution >= 4 is 5.91 Å². The number of nitrogens with zero attached hydrogens (tertiary/aromatic N) is 3. The third kappa shape index (κ3) is 2.31. The van der Waals surface area contributed by atoms with Crippen molar-refractivity contribution in [3.63, 3.8) is 0 Å². The first kappa shape index (κ1) is 11.3. The molecule has 0 saturated heterocycles. The molecule has 0 fully saturated rings. The van der Waals surface area contributed by atoms with Gasteiger partial charge in [-0.2, -0.15) is 5.10 Å². The largest absolute Gasteiger partial charge is 0.389 e. The molecule has 6 heteroatoms. The van der Waals surface area contributed by atoms with Gasteiger partial charge in [0.2, 0.25) is 0 Å².